The molecule has 0 saturated heterocycles. The third-order valence-corrected chi connectivity index (χ3v) is 5.60. The van der Waals surface area contributed by atoms with Gasteiger partial charge in [-0.05, 0) is 75.3 Å². The van der Waals surface area contributed by atoms with Gasteiger partial charge in [-0.25, -0.2) is 0 Å². The van der Waals surface area contributed by atoms with Crippen molar-refractivity contribution in [1.29, 1.82) is 0 Å². The minimum absolute atomic E-state index is 0.0427. The molecule has 0 heterocycles. The Bertz CT molecular complexity index is 536. The number of likely N-dealkylation sites (N-methyl/N-ethyl adjacent to an activating group) is 1. The van der Waals surface area contributed by atoms with Crippen molar-refractivity contribution in [3.8, 4) is 11.5 Å². The summed E-state index contributed by atoms with van der Waals surface area (Å²) in [5, 5.41) is 16.6. The molecule has 2 N–H and O–H groups in total. The summed E-state index contributed by atoms with van der Waals surface area (Å²) in [6.45, 7) is 4.26. The molecule has 0 spiro atoms. The number of benzene rings is 1. The first-order chi connectivity index (χ1) is 13.1. The van der Waals surface area contributed by atoms with E-state index < -0.39 is 0 Å². The van der Waals surface area contributed by atoms with Crippen LogP contribution in [0, 0.1) is 11.8 Å². The summed E-state index contributed by atoms with van der Waals surface area (Å²) >= 11 is 0. The Kier molecular flexibility index (Phi) is 8.88. The third-order valence-electron chi connectivity index (χ3n) is 5.60. The van der Waals surface area contributed by atoms with Crippen LogP contribution in [0.5, 0.6) is 11.5 Å². The van der Waals surface area contributed by atoms with Crippen LogP contribution in [-0.4, -0.2) is 60.5 Å². The Hall–Kier alpha value is -1.79. The van der Waals surface area contributed by atoms with Crippen molar-refractivity contribution in [3.63, 3.8) is 0 Å². The van der Waals surface area contributed by atoms with Crippen molar-refractivity contribution in [2.24, 2.45) is 11.8 Å². The van der Waals surface area contributed by atoms with Crippen molar-refractivity contribution in [3.05, 3.63) is 24.3 Å². The van der Waals surface area contributed by atoms with E-state index in [4.69, 9.17) is 19.4 Å². The van der Waals surface area contributed by atoms with E-state index in [1.165, 1.54) is 12.8 Å². The van der Waals surface area contributed by atoms with Crippen molar-refractivity contribution < 1.29 is 24.5 Å². The van der Waals surface area contributed by atoms with Crippen LogP contribution in [0.25, 0.3) is 0 Å². The number of fused-ring (bicyclic) bond motifs is 1. The Morgan fingerprint density at radius 3 is 2.00 bits per heavy atom. The summed E-state index contributed by atoms with van der Waals surface area (Å²) in [7, 11) is 2.20. The molecule has 0 amide bonds. The second kappa shape index (κ2) is 11.1. The fourth-order valence-corrected chi connectivity index (χ4v) is 4.25. The van der Waals surface area contributed by atoms with Gasteiger partial charge in [0.1, 0.15) is 18.1 Å². The maximum absolute atomic E-state index is 9.75. The van der Waals surface area contributed by atoms with Crippen molar-refractivity contribution in [2.45, 2.75) is 51.2 Å². The molecule has 2 unspecified atom stereocenters. The lowest BCUT2D eigenvalue weighted by atomic mass is 10.0. The van der Waals surface area contributed by atoms with Crippen molar-refractivity contribution in [2.75, 3.05) is 26.8 Å². The third kappa shape index (κ3) is 6.70. The average molecular weight is 379 g/mol. The van der Waals surface area contributed by atoms with Gasteiger partial charge in [0.25, 0.3) is 6.47 Å². The predicted octanol–water partition coefficient (Wildman–Crippen LogP) is 3.04. The number of rotatable bonds is 8. The lowest BCUT2D eigenvalue weighted by molar-refractivity contribution is -0.122. The van der Waals surface area contributed by atoms with Gasteiger partial charge in [-0.3, -0.25) is 4.79 Å². The number of aliphatic hydroxyl groups is 1. The number of carbonyl (C=O) groups is 1. The van der Waals surface area contributed by atoms with Gasteiger partial charge >= 0.3 is 0 Å². The molecule has 0 aromatic heterocycles. The van der Waals surface area contributed by atoms with E-state index in [2.05, 4.69) is 18.9 Å². The van der Waals surface area contributed by atoms with E-state index in [0.717, 1.165) is 55.7 Å². The molecule has 27 heavy (non-hydrogen) atoms. The number of nitrogens with zero attached hydrogens (tertiary/aromatic N) is 1. The maximum atomic E-state index is 9.75. The molecule has 0 bridgehead atoms. The smallest absolute Gasteiger partial charge is 0.290 e. The molecule has 0 aliphatic heterocycles. The van der Waals surface area contributed by atoms with Gasteiger partial charge < -0.3 is 24.6 Å². The molecular weight excluding hydrogens is 346 g/mol. The molecule has 0 radical (unpaired) electrons. The fraction of sp³-hybridized carbons (Fsp3) is 0.667. The predicted molar refractivity (Wildman–Crippen MR) is 104 cm³/mol. The number of carboxylic acid groups (broad SMARTS) is 1. The van der Waals surface area contributed by atoms with Gasteiger partial charge in [-0.1, -0.05) is 6.92 Å². The highest BCUT2D eigenvalue weighted by Crippen LogP contribution is 2.45. The Labute approximate surface area is 162 Å². The normalized spacial score (nSPS) is 26.2. The molecule has 6 heteroatoms. The van der Waals surface area contributed by atoms with Gasteiger partial charge in [0.2, 0.25) is 0 Å². The molecule has 3 rings (SSSR count). The molecule has 2 aliphatic rings. The van der Waals surface area contributed by atoms with E-state index >= 15 is 0 Å². The second-order valence-corrected chi connectivity index (χ2v) is 7.52. The second-order valence-electron chi connectivity index (χ2n) is 7.52. The highest BCUT2D eigenvalue weighted by molar-refractivity contribution is 5.32. The van der Waals surface area contributed by atoms with Gasteiger partial charge in [0, 0.05) is 12.6 Å². The number of hydrogen-bond acceptors (Lipinski definition) is 5. The molecular formula is C21H33NO5. The summed E-state index contributed by atoms with van der Waals surface area (Å²) in [6.07, 6.45) is 5.48. The quantitative estimate of drug-likeness (QED) is 0.676. The number of aliphatic hydroxyl groups excluding tert-OH is 1. The standard InChI is InChI=1S/C20H31NO3.CH2O2/c1-3-9-23-19-4-6-20(7-5-19)24-10-8-21(2)17-11-15-13-18(22)14-16(15)12-17;2-1-3/h4-7,15-18,22H,3,8-14H2,1-2H3;1H,(H,2,3)/t15-,16+,17?,18?;. The zero-order valence-electron chi connectivity index (χ0n) is 16.4. The van der Waals surface area contributed by atoms with Crippen molar-refractivity contribution >= 4 is 6.47 Å². The summed E-state index contributed by atoms with van der Waals surface area (Å²) in [5.41, 5.74) is 0. The van der Waals surface area contributed by atoms with Crippen LogP contribution in [0.4, 0.5) is 0 Å². The van der Waals surface area contributed by atoms with Crippen LogP contribution >= 0.6 is 0 Å². The van der Waals surface area contributed by atoms with Crippen LogP contribution in [-0.2, 0) is 4.79 Å². The van der Waals surface area contributed by atoms with Gasteiger partial charge in [0.15, 0.2) is 0 Å². The molecule has 1 aromatic carbocycles. The molecule has 2 saturated carbocycles. The summed E-state index contributed by atoms with van der Waals surface area (Å²) in [5.74, 6) is 3.28. The maximum Gasteiger partial charge on any atom is 0.290 e. The molecule has 4 atom stereocenters. The zero-order chi connectivity index (χ0) is 19.6. The molecule has 152 valence electrons. The van der Waals surface area contributed by atoms with Gasteiger partial charge in [0.05, 0.1) is 12.7 Å². The first-order valence-electron chi connectivity index (χ1n) is 9.89. The van der Waals surface area contributed by atoms with Crippen LogP contribution < -0.4 is 9.47 Å². The zero-order valence-corrected chi connectivity index (χ0v) is 16.4. The molecule has 6 nitrogen and oxygen atoms in total. The van der Waals surface area contributed by atoms with Crippen LogP contribution in [0.15, 0.2) is 24.3 Å². The topological polar surface area (TPSA) is 79.2 Å². The van der Waals surface area contributed by atoms with Crippen LogP contribution in [0.3, 0.4) is 0 Å². The highest BCUT2D eigenvalue weighted by Gasteiger charge is 2.42. The minimum Gasteiger partial charge on any atom is -0.494 e. The monoisotopic (exact) mass is 379 g/mol. The number of hydrogen-bond donors (Lipinski definition) is 2. The van der Waals surface area contributed by atoms with Crippen molar-refractivity contribution in [1.82, 2.24) is 4.90 Å². The van der Waals surface area contributed by atoms with E-state index in [1.54, 1.807) is 0 Å². The minimum atomic E-state index is -0.250. The van der Waals surface area contributed by atoms with E-state index in [0.29, 0.717) is 12.6 Å². The Balaban J connectivity index is 0.000000817. The van der Waals surface area contributed by atoms with Crippen LogP contribution in [0.2, 0.25) is 0 Å². The number of ether oxygens (including phenoxy) is 2. The summed E-state index contributed by atoms with van der Waals surface area (Å²) < 4.78 is 11.5. The van der Waals surface area contributed by atoms with Gasteiger partial charge in [-0.2, -0.15) is 0 Å². The highest BCUT2D eigenvalue weighted by atomic mass is 16.5. The fourth-order valence-electron chi connectivity index (χ4n) is 4.25. The lowest BCUT2D eigenvalue weighted by Gasteiger charge is -2.25. The van der Waals surface area contributed by atoms with Crippen LogP contribution in [0.1, 0.15) is 39.0 Å². The summed E-state index contributed by atoms with van der Waals surface area (Å²) in [4.78, 5) is 10.8. The lowest BCUT2D eigenvalue weighted by Crippen LogP contribution is -2.33. The largest absolute Gasteiger partial charge is 0.494 e. The molecule has 2 aliphatic carbocycles. The van der Waals surface area contributed by atoms with E-state index in [-0.39, 0.29) is 12.6 Å². The molecule has 2 fully saturated rings. The first kappa shape index (κ1) is 21.5. The van der Waals surface area contributed by atoms with E-state index in [9.17, 15) is 5.11 Å². The summed E-state index contributed by atoms with van der Waals surface area (Å²) in [6, 6.07) is 8.55. The first-order valence-corrected chi connectivity index (χ1v) is 9.89. The SMILES string of the molecule is CCCOc1ccc(OCCN(C)C2C[C@H]3CC(O)C[C@H]3C2)cc1.O=CO. The average Bonchev–Trinajstić information content (AvgIpc) is 3.19. The Morgan fingerprint density at radius 1 is 1.04 bits per heavy atom. The molecule has 1 aromatic rings. The Morgan fingerprint density at radius 2 is 1.52 bits per heavy atom. The van der Waals surface area contributed by atoms with E-state index in [1.807, 2.05) is 24.3 Å². The van der Waals surface area contributed by atoms with Gasteiger partial charge in [-0.15, -0.1) is 0 Å².